The van der Waals surface area contributed by atoms with Crippen LogP contribution in [-0.2, 0) is 21.4 Å². The van der Waals surface area contributed by atoms with Gasteiger partial charge in [0.05, 0.1) is 0 Å². The number of carbonyl (C=O) groups is 2. The van der Waals surface area contributed by atoms with Crippen molar-refractivity contribution in [2.75, 3.05) is 0 Å². The zero-order valence-corrected chi connectivity index (χ0v) is 20.9. The highest BCUT2D eigenvalue weighted by molar-refractivity contribution is 7.89. The van der Waals surface area contributed by atoms with Crippen molar-refractivity contribution in [3.63, 3.8) is 0 Å². The van der Waals surface area contributed by atoms with Crippen LogP contribution < -0.4 is 5.32 Å². The molecule has 0 saturated heterocycles. The molecule has 0 radical (unpaired) electrons. The van der Waals surface area contributed by atoms with Gasteiger partial charge in [0.25, 0.3) is 5.91 Å². The second-order valence-corrected chi connectivity index (χ2v) is 11.5. The summed E-state index contributed by atoms with van der Waals surface area (Å²) in [4.78, 5) is 28.1. The quantitative estimate of drug-likeness (QED) is 0.586. The highest BCUT2D eigenvalue weighted by Crippen LogP contribution is 2.33. The van der Waals surface area contributed by atoms with E-state index in [1.54, 1.807) is 40.7 Å². The maximum Gasteiger partial charge on any atom is 0.328 e. The molecule has 1 amide bonds. The van der Waals surface area contributed by atoms with Gasteiger partial charge in [0.1, 0.15) is 10.4 Å². The largest absolute Gasteiger partial charge is 0.480 e. The van der Waals surface area contributed by atoms with E-state index >= 15 is 0 Å². The lowest BCUT2D eigenvalue weighted by Crippen LogP contribution is -2.49. The molecular formula is C25H33N3O5S. The van der Waals surface area contributed by atoms with E-state index in [9.17, 15) is 23.1 Å². The van der Waals surface area contributed by atoms with Crippen molar-refractivity contribution in [2.45, 2.75) is 76.4 Å². The van der Waals surface area contributed by atoms with E-state index in [0.717, 1.165) is 36.9 Å². The SMILES string of the molecule is Cc1ccc(S(=O)(=O)N(Cc2ccc(C(=O)NC(C)(C)C(=O)O)cc2)C2CCCCC2C)cn1. The Bertz CT molecular complexity index is 1130. The predicted octanol–water partition coefficient (Wildman–Crippen LogP) is 3.75. The number of carboxylic acid groups (broad SMARTS) is 1. The third kappa shape index (κ3) is 5.82. The number of pyridine rings is 1. The molecule has 0 bridgehead atoms. The van der Waals surface area contributed by atoms with E-state index < -0.39 is 27.4 Å². The molecule has 2 atom stereocenters. The number of nitrogens with zero attached hydrogens (tertiary/aromatic N) is 2. The summed E-state index contributed by atoms with van der Waals surface area (Å²) < 4.78 is 28.9. The normalized spacial score (nSPS) is 19.1. The average molecular weight is 488 g/mol. The highest BCUT2D eigenvalue weighted by atomic mass is 32.2. The molecule has 1 fully saturated rings. The van der Waals surface area contributed by atoms with Gasteiger partial charge in [0, 0.05) is 30.0 Å². The van der Waals surface area contributed by atoms with Gasteiger partial charge in [-0.1, -0.05) is 31.9 Å². The van der Waals surface area contributed by atoms with Gasteiger partial charge >= 0.3 is 5.97 Å². The minimum atomic E-state index is -3.78. The topological polar surface area (TPSA) is 117 Å². The molecule has 1 saturated carbocycles. The Labute approximate surface area is 201 Å². The lowest BCUT2D eigenvalue weighted by Gasteiger charge is -2.37. The van der Waals surface area contributed by atoms with Gasteiger partial charge in [-0.2, -0.15) is 4.31 Å². The number of rotatable bonds is 8. The third-order valence-electron chi connectivity index (χ3n) is 6.44. The van der Waals surface area contributed by atoms with Gasteiger partial charge in [-0.25, -0.2) is 13.2 Å². The average Bonchev–Trinajstić information content (AvgIpc) is 2.78. The number of aromatic nitrogens is 1. The number of carboxylic acids is 1. The molecule has 0 spiro atoms. The fraction of sp³-hybridized carbons (Fsp3) is 0.480. The summed E-state index contributed by atoms with van der Waals surface area (Å²) in [5, 5.41) is 11.7. The van der Waals surface area contributed by atoms with E-state index in [-0.39, 0.29) is 23.4 Å². The van der Waals surface area contributed by atoms with E-state index in [2.05, 4.69) is 17.2 Å². The number of aliphatic carboxylic acids is 1. The zero-order valence-electron chi connectivity index (χ0n) is 20.1. The Balaban J connectivity index is 1.87. The summed E-state index contributed by atoms with van der Waals surface area (Å²) in [6.07, 6.45) is 5.24. The second-order valence-electron chi connectivity index (χ2n) is 9.60. The van der Waals surface area contributed by atoms with Crippen molar-refractivity contribution in [1.82, 2.24) is 14.6 Å². The Morgan fingerprint density at radius 1 is 1.12 bits per heavy atom. The maximum absolute atomic E-state index is 13.7. The third-order valence-corrected chi connectivity index (χ3v) is 8.30. The number of hydrogen-bond acceptors (Lipinski definition) is 5. The lowest BCUT2D eigenvalue weighted by atomic mass is 9.86. The number of carbonyl (C=O) groups excluding carboxylic acids is 1. The van der Waals surface area contributed by atoms with E-state index in [1.165, 1.54) is 20.0 Å². The Morgan fingerprint density at radius 2 is 1.76 bits per heavy atom. The van der Waals surface area contributed by atoms with Crippen molar-refractivity contribution in [3.05, 3.63) is 59.4 Å². The summed E-state index contributed by atoms with van der Waals surface area (Å²) in [6, 6.07) is 9.77. The molecule has 2 aromatic rings. The molecule has 1 aliphatic rings. The first-order valence-electron chi connectivity index (χ1n) is 11.5. The number of amides is 1. The minimum absolute atomic E-state index is 0.126. The summed E-state index contributed by atoms with van der Waals surface area (Å²) in [5.74, 6) is -1.41. The van der Waals surface area contributed by atoms with Crippen molar-refractivity contribution in [3.8, 4) is 0 Å². The molecule has 184 valence electrons. The highest BCUT2D eigenvalue weighted by Gasteiger charge is 2.36. The molecule has 1 aromatic carbocycles. The number of aryl methyl sites for hydroxylation is 1. The number of hydrogen-bond donors (Lipinski definition) is 2. The van der Waals surface area contributed by atoms with Crippen molar-refractivity contribution >= 4 is 21.9 Å². The summed E-state index contributed by atoms with van der Waals surface area (Å²) in [6.45, 7) is 6.91. The molecule has 1 heterocycles. The van der Waals surface area contributed by atoms with Gasteiger partial charge in [0.15, 0.2) is 0 Å². The fourth-order valence-corrected chi connectivity index (χ4v) is 5.88. The smallest absolute Gasteiger partial charge is 0.328 e. The number of benzene rings is 1. The zero-order chi connectivity index (χ0) is 25.1. The Hall–Kier alpha value is -2.78. The molecule has 34 heavy (non-hydrogen) atoms. The number of sulfonamides is 1. The lowest BCUT2D eigenvalue weighted by molar-refractivity contribution is -0.143. The molecule has 0 aliphatic heterocycles. The van der Waals surface area contributed by atoms with Gasteiger partial charge in [-0.05, 0) is 69.4 Å². The van der Waals surface area contributed by atoms with Crippen molar-refractivity contribution in [1.29, 1.82) is 0 Å². The van der Waals surface area contributed by atoms with Crippen LogP contribution in [0.1, 0.15) is 68.1 Å². The van der Waals surface area contributed by atoms with Gasteiger partial charge < -0.3 is 10.4 Å². The molecular weight excluding hydrogens is 454 g/mol. The Morgan fingerprint density at radius 3 is 2.32 bits per heavy atom. The standard InChI is InChI=1S/C25H33N3O5S/c1-17-7-5-6-8-22(17)28(34(32,33)21-14-9-18(2)26-15-21)16-19-10-12-20(13-11-19)23(29)27-25(3,4)24(30)31/h9-15,17,22H,5-8,16H2,1-4H3,(H,27,29)(H,30,31). The van der Waals surface area contributed by atoms with Gasteiger partial charge in [0.2, 0.25) is 10.0 Å². The molecule has 1 aromatic heterocycles. The molecule has 3 rings (SSSR count). The second kappa shape index (κ2) is 10.2. The fourth-order valence-electron chi connectivity index (χ4n) is 4.20. The van der Waals surface area contributed by atoms with Crippen LogP contribution in [0.25, 0.3) is 0 Å². The van der Waals surface area contributed by atoms with Gasteiger partial charge in [-0.3, -0.25) is 9.78 Å². The van der Waals surface area contributed by atoms with E-state index in [0.29, 0.717) is 5.56 Å². The molecule has 9 heteroatoms. The molecule has 2 unspecified atom stereocenters. The first-order valence-corrected chi connectivity index (χ1v) is 12.9. The van der Waals surface area contributed by atoms with E-state index in [4.69, 9.17) is 0 Å². The summed E-state index contributed by atoms with van der Waals surface area (Å²) >= 11 is 0. The van der Waals surface area contributed by atoms with Crippen LogP contribution in [0.4, 0.5) is 0 Å². The molecule has 8 nitrogen and oxygen atoms in total. The molecule has 2 N–H and O–H groups in total. The first kappa shape index (κ1) is 25.8. The van der Waals surface area contributed by atoms with Crippen LogP contribution in [0.2, 0.25) is 0 Å². The van der Waals surface area contributed by atoms with Crippen LogP contribution in [0.15, 0.2) is 47.5 Å². The van der Waals surface area contributed by atoms with Crippen molar-refractivity contribution in [2.24, 2.45) is 5.92 Å². The van der Waals surface area contributed by atoms with Crippen LogP contribution in [0.5, 0.6) is 0 Å². The summed E-state index contributed by atoms with van der Waals surface area (Å²) in [7, 11) is -3.78. The minimum Gasteiger partial charge on any atom is -0.480 e. The van der Waals surface area contributed by atoms with Crippen LogP contribution in [-0.4, -0.2) is 46.3 Å². The summed E-state index contributed by atoms with van der Waals surface area (Å²) in [5.41, 5.74) is 0.396. The molecule has 1 aliphatic carbocycles. The first-order chi connectivity index (χ1) is 15.9. The van der Waals surface area contributed by atoms with E-state index in [1.807, 2.05) is 6.92 Å². The number of nitrogens with one attached hydrogen (secondary N) is 1. The predicted molar refractivity (Wildman–Crippen MR) is 129 cm³/mol. The van der Waals surface area contributed by atoms with Crippen LogP contribution in [0.3, 0.4) is 0 Å². The van der Waals surface area contributed by atoms with Gasteiger partial charge in [-0.15, -0.1) is 0 Å². The Kier molecular flexibility index (Phi) is 7.77. The monoisotopic (exact) mass is 487 g/mol. The van der Waals surface area contributed by atoms with Crippen LogP contribution >= 0.6 is 0 Å². The maximum atomic E-state index is 13.7. The van der Waals surface area contributed by atoms with Crippen LogP contribution in [0, 0.1) is 12.8 Å². The van der Waals surface area contributed by atoms with Crippen molar-refractivity contribution < 1.29 is 23.1 Å².